The highest BCUT2D eigenvalue weighted by Crippen LogP contribution is 2.15. The van der Waals surface area contributed by atoms with Crippen molar-refractivity contribution in [1.29, 1.82) is 0 Å². The molecule has 0 aliphatic carbocycles. The smallest absolute Gasteiger partial charge is 0.150 e. The van der Waals surface area contributed by atoms with Crippen LogP contribution in [0.5, 0.6) is 0 Å². The number of sulfone groups is 1. The molecule has 1 rings (SSSR count). The van der Waals surface area contributed by atoms with Crippen LogP contribution in [-0.4, -0.2) is 33.5 Å². The van der Waals surface area contributed by atoms with Gasteiger partial charge in [-0.2, -0.15) is 0 Å². The third-order valence-corrected chi connectivity index (χ3v) is 5.20. The minimum atomic E-state index is -2.89. The van der Waals surface area contributed by atoms with Crippen LogP contribution in [0, 0.1) is 11.7 Å². The molecular weight excluding hydrogens is 277 g/mol. The molecule has 0 heterocycles. The quantitative estimate of drug-likeness (QED) is 0.762. The fourth-order valence-corrected chi connectivity index (χ4v) is 3.19. The topological polar surface area (TPSA) is 46.2 Å². The number of halogens is 1. The summed E-state index contributed by atoms with van der Waals surface area (Å²) in [6.07, 6.45) is 2.26. The third-order valence-electron chi connectivity index (χ3n) is 3.41. The SMILES string of the molecule is CCS(=O)(=O)CCCC(CNC)Cc1cccc(F)c1. The highest BCUT2D eigenvalue weighted by molar-refractivity contribution is 7.91. The molecule has 0 aliphatic rings. The summed E-state index contributed by atoms with van der Waals surface area (Å²) in [5.74, 6) is 0.550. The Morgan fingerprint density at radius 3 is 2.70 bits per heavy atom. The van der Waals surface area contributed by atoms with Crippen LogP contribution in [0.2, 0.25) is 0 Å². The van der Waals surface area contributed by atoms with Crippen molar-refractivity contribution < 1.29 is 12.8 Å². The lowest BCUT2D eigenvalue weighted by molar-refractivity contribution is 0.454. The van der Waals surface area contributed by atoms with Crippen LogP contribution in [-0.2, 0) is 16.3 Å². The summed E-state index contributed by atoms with van der Waals surface area (Å²) in [5.41, 5.74) is 0.962. The second-order valence-electron chi connectivity index (χ2n) is 5.14. The standard InChI is InChI=1S/C15H24FNO2S/c1-3-20(18,19)9-5-7-14(12-17-2)10-13-6-4-8-15(16)11-13/h4,6,8,11,14,17H,3,5,7,9-10,12H2,1-2H3. The van der Waals surface area contributed by atoms with Crippen molar-refractivity contribution >= 4 is 9.84 Å². The zero-order chi connectivity index (χ0) is 15.0. The van der Waals surface area contributed by atoms with Crippen LogP contribution in [0.1, 0.15) is 25.3 Å². The molecule has 0 radical (unpaired) electrons. The first-order valence-corrected chi connectivity index (χ1v) is 8.88. The molecule has 1 N–H and O–H groups in total. The van der Waals surface area contributed by atoms with Crippen LogP contribution in [0.15, 0.2) is 24.3 Å². The zero-order valence-corrected chi connectivity index (χ0v) is 13.0. The normalized spacial score (nSPS) is 13.3. The highest BCUT2D eigenvalue weighted by atomic mass is 32.2. The molecule has 1 aromatic rings. The minimum Gasteiger partial charge on any atom is -0.319 e. The maximum atomic E-state index is 13.2. The maximum absolute atomic E-state index is 13.2. The predicted molar refractivity (Wildman–Crippen MR) is 81.1 cm³/mol. The Balaban J connectivity index is 2.52. The van der Waals surface area contributed by atoms with E-state index in [0.29, 0.717) is 12.3 Å². The van der Waals surface area contributed by atoms with Gasteiger partial charge in [0.2, 0.25) is 0 Å². The lowest BCUT2D eigenvalue weighted by Gasteiger charge is -2.16. The largest absolute Gasteiger partial charge is 0.319 e. The Morgan fingerprint density at radius 1 is 1.35 bits per heavy atom. The molecule has 0 aromatic heterocycles. The monoisotopic (exact) mass is 301 g/mol. The molecule has 3 nitrogen and oxygen atoms in total. The first kappa shape index (κ1) is 17.1. The highest BCUT2D eigenvalue weighted by Gasteiger charge is 2.12. The molecule has 1 unspecified atom stereocenters. The Bertz CT molecular complexity index is 502. The van der Waals surface area contributed by atoms with Gasteiger partial charge in [0.15, 0.2) is 0 Å². The summed E-state index contributed by atoms with van der Waals surface area (Å²) >= 11 is 0. The summed E-state index contributed by atoms with van der Waals surface area (Å²) < 4.78 is 36.1. The van der Waals surface area contributed by atoms with Gasteiger partial charge in [0.1, 0.15) is 15.7 Å². The zero-order valence-electron chi connectivity index (χ0n) is 12.2. The predicted octanol–water partition coefficient (Wildman–Crippen LogP) is 2.42. The number of benzene rings is 1. The maximum Gasteiger partial charge on any atom is 0.150 e. The molecule has 0 saturated heterocycles. The van der Waals surface area contributed by atoms with Gasteiger partial charge in [0, 0.05) is 5.75 Å². The number of hydrogen-bond donors (Lipinski definition) is 1. The fraction of sp³-hybridized carbons (Fsp3) is 0.600. The molecular formula is C15H24FNO2S. The molecule has 20 heavy (non-hydrogen) atoms. The summed E-state index contributed by atoms with van der Waals surface area (Å²) in [6.45, 7) is 2.48. The van der Waals surface area contributed by atoms with Gasteiger partial charge >= 0.3 is 0 Å². The summed E-state index contributed by atoms with van der Waals surface area (Å²) in [7, 11) is -1.01. The average Bonchev–Trinajstić information content (AvgIpc) is 2.39. The van der Waals surface area contributed by atoms with Gasteiger partial charge in [-0.15, -0.1) is 0 Å². The second-order valence-corrected chi connectivity index (χ2v) is 7.61. The van der Waals surface area contributed by atoms with E-state index in [9.17, 15) is 12.8 Å². The van der Waals surface area contributed by atoms with Gasteiger partial charge in [-0.3, -0.25) is 0 Å². The van der Waals surface area contributed by atoms with Gasteiger partial charge in [-0.25, -0.2) is 12.8 Å². The van der Waals surface area contributed by atoms with E-state index in [2.05, 4.69) is 5.32 Å². The van der Waals surface area contributed by atoms with Crippen LogP contribution >= 0.6 is 0 Å². The molecule has 1 aromatic carbocycles. The molecule has 0 aliphatic heterocycles. The minimum absolute atomic E-state index is 0.202. The van der Waals surface area contributed by atoms with E-state index < -0.39 is 9.84 Å². The molecule has 5 heteroatoms. The molecule has 0 spiro atoms. The number of nitrogens with one attached hydrogen (secondary N) is 1. The molecule has 114 valence electrons. The van der Waals surface area contributed by atoms with Crippen molar-refractivity contribution in [3.05, 3.63) is 35.6 Å². The van der Waals surface area contributed by atoms with Gasteiger partial charge in [0.05, 0.1) is 5.75 Å². The van der Waals surface area contributed by atoms with Crippen molar-refractivity contribution in [2.45, 2.75) is 26.2 Å². The summed E-state index contributed by atoms with van der Waals surface area (Å²) in [4.78, 5) is 0. The average molecular weight is 301 g/mol. The van der Waals surface area contributed by atoms with E-state index >= 15 is 0 Å². The van der Waals surface area contributed by atoms with Gasteiger partial charge < -0.3 is 5.32 Å². The molecule has 0 saturated carbocycles. The van der Waals surface area contributed by atoms with Crippen molar-refractivity contribution in [3.8, 4) is 0 Å². The first-order chi connectivity index (χ1) is 9.46. The van der Waals surface area contributed by atoms with Crippen molar-refractivity contribution in [3.63, 3.8) is 0 Å². The van der Waals surface area contributed by atoms with Gasteiger partial charge in [-0.05, 0) is 56.5 Å². The molecule has 0 bridgehead atoms. The van der Waals surface area contributed by atoms with Crippen LogP contribution in [0.3, 0.4) is 0 Å². The Hall–Kier alpha value is -0.940. The Labute approximate surface area is 121 Å². The summed E-state index contributed by atoms with van der Waals surface area (Å²) in [6, 6.07) is 6.60. The summed E-state index contributed by atoms with van der Waals surface area (Å²) in [5, 5.41) is 3.12. The second kappa shape index (κ2) is 8.37. The molecule has 0 amide bonds. The lowest BCUT2D eigenvalue weighted by atomic mass is 9.95. The van der Waals surface area contributed by atoms with Crippen molar-refractivity contribution in [2.24, 2.45) is 5.92 Å². The van der Waals surface area contributed by atoms with Crippen molar-refractivity contribution in [1.82, 2.24) is 5.32 Å². The number of hydrogen-bond acceptors (Lipinski definition) is 3. The van der Waals surface area contributed by atoms with Gasteiger partial charge in [-0.1, -0.05) is 19.1 Å². The van der Waals surface area contributed by atoms with Crippen molar-refractivity contribution in [2.75, 3.05) is 25.1 Å². The Morgan fingerprint density at radius 2 is 2.10 bits per heavy atom. The van der Waals surface area contributed by atoms with E-state index in [-0.39, 0.29) is 17.3 Å². The fourth-order valence-electron chi connectivity index (χ4n) is 2.30. The first-order valence-electron chi connectivity index (χ1n) is 7.06. The van der Waals surface area contributed by atoms with E-state index in [4.69, 9.17) is 0 Å². The third kappa shape index (κ3) is 6.48. The number of rotatable bonds is 9. The van der Waals surface area contributed by atoms with E-state index in [0.717, 1.165) is 24.9 Å². The molecule has 0 fully saturated rings. The van der Waals surface area contributed by atoms with Crippen LogP contribution in [0.25, 0.3) is 0 Å². The van der Waals surface area contributed by atoms with E-state index in [1.54, 1.807) is 19.1 Å². The van der Waals surface area contributed by atoms with Gasteiger partial charge in [0.25, 0.3) is 0 Å². The molecule has 1 atom stereocenters. The van der Waals surface area contributed by atoms with Crippen LogP contribution < -0.4 is 5.32 Å². The lowest BCUT2D eigenvalue weighted by Crippen LogP contribution is -2.22. The Kier molecular flexibility index (Phi) is 7.16. The van der Waals surface area contributed by atoms with E-state index in [1.165, 1.54) is 6.07 Å². The van der Waals surface area contributed by atoms with E-state index in [1.807, 2.05) is 13.1 Å². The van der Waals surface area contributed by atoms with Crippen LogP contribution in [0.4, 0.5) is 4.39 Å².